The van der Waals surface area contributed by atoms with Crippen molar-refractivity contribution in [2.45, 2.75) is 39.2 Å². The molecule has 90 valence electrons. The first-order valence-corrected chi connectivity index (χ1v) is 5.41. The Labute approximate surface area is 96.7 Å². The van der Waals surface area contributed by atoms with E-state index in [2.05, 4.69) is 13.8 Å². The van der Waals surface area contributed by atoms with Crippen molar-refractivity contribution in [1.82, 2.24) is 0 Å². The van der Waals surface area contributed by atoms with E-state index in [0.717, 1.165) is 5.56 Å². The van der Waals surface area contributed by atoms with Gasteiger partial charge >= 0.3 is 0 Å². The third kappa shape index (κ3) is 2.47. The summed E-state index contributed by atoms with van der Waals surface area (Å²) in [5.74, 6) is 0.735. The minimum Gasteiger partial charge on any atom is -0.504 e. The maximum atomic E-state index is 9.98. The molecule has 1 rings (SSSR count). The Morgan fingerprint density at radius 1 is 1.25 bits per heavy atom. The van der Waals surface area contributed by atoms with Crippen LogP contribution in [0, 0.1) is 0 Å². The molecule has 3 nitrogen and oxygen atoms in total. The molecule has 0 heterocycles. The van der Waals surface area contributed by atoms with Crippen LogP contribution in [0.1, 0.15) is 44.7 Å². The van der Waals surface area contributed by atoms with Gasteiger partial charge in [0.2, 0.25) is 0 Å². The maximum absolute atomic E-state index is 9.98. The Morgan fingerprint density at radius 2 is 1.81 bits per heavy atom. The fourth-order valence-corrected chi connectivity index (χ4v) is 1.58. The molecule has 0 saturated carbocycles. The lowest BCUT2D eigenvalue weighted by molar-refractivity contribution is 0.0752. The average Bonchev–Trinajstić information content (AvgIpc) is 2.15. The van der Waals surface area contributed by atoms with E-state index in [1.54, 1.807) is 19.9 Å². The quantitative estimate of drug-likeness (QED) is 0.830. The molecule has 0 aliphatic carbocycles. The van der Waals surface area contributed by atoms with Gasteiger partial charge in [-0.2, -0.15) is 0 Å². The fourth-order valence-electron chi connectivity index (χ4n) is 1.58. The highest BCUT2D eigenvalue weighted by Crippen LogP contribution is 2.39. The molecule has 0 radical (unpaired) electrons. The highest BCUT2D eigenvalue weighted by Gasteiger charge is 2.24. The molecule has 0 fully saturated rings. The van der Waals surface area contributed by atoms with Crippen molar-refractivity contribution < 1.29 is 14.9 Å². The summed E-state index contributed by atoms with van der Waals surface area (Å²) in [4.78, 5) is 0. The van der Waals surface area contributed by atoms with E-state index in [9.17, 15) is 10.2 Å². The zero-order chi connectivity index (χ0) is 12.5. The van der Waals surface area contributed by atoms with Gasteiger partial charge in [-0.05, 0) is 37.5 Å². The molecule has 3 heteroatoms. The summed E-state index contributed by atoms with van der Waals surface area (Å²) in [6.45, 7) is 7.40. The van der Waals surface area contributed by atoms with Gasteiger partial charge in [-0.1, -0.05) is 13.8 Å². The van der Waals surface area contributed by atoms with Gasteiger partial charge in [0.15, 0.2) is 11.5 Å². The second kappa shape index (κ2) is 4.34. The van der Waals surface area contributed by atoms with Crippen molar-refractivity contribution >= 4 is 0 Å². The van der Waals surface area contributed by atoms with E-state index in [0.29, 0.717) is 17.2 Å². The molecule has 1 aromatic rings. The van der Waals surface area contributed by atoms with E-state index in [-0.39, 0.29) is 5.75 Å². The molecule has 0 aromatic heterocycles. The molecule has 0 bridgehead atoms. The third-order valence-corrected chi connectivity index (χ3v) is 2.64. The highest BCUT2D eigenvalue weighted by atomic mass is 16.5. The zero-order valence-corrected chi connectivity index (χ0v) is 10.5. The first kappa shape index (κ1) is 12.8. The van der Waals surface area contributed by atoms with Crippen LogP contribution >= 0.6 is 0 Å². The average molecular weight is 224 g/mol. The lowest BCUT2D eigenvalue weighted by Crippen LogP contribution is -2.16. The number of phenols is 1. The van der Waals surface area contributed by atoms with Crippen LogP contribution in [0.25, 0.3) is 0 Å². The number of methoxy groups -OCH3 is 1. The van der Waals surface area contributed by atoms with E-state index in [4.69, 9.17) is 4.74 Å². The van der Waals surface area contributed by atoms with E-state index < -0.39 is 5.60 Å². The van der Waals surface area contributed by atoms with Gasteiger partial charge in [-0.25, -0.2) is 0 Å². The van der Waals surface area contributed by atoms with Gasteiger partial charge < -0.3 is 14.9 Å². The molecule has 0 saturated heterocycles. The number of ether oxygens (including phenoxy) is 1. The molecule has 0 aliphatic rings. The third-order valence-electron chi connectivity index (χ3n) is 2.64. The molecule has 0 atom stereocenters. The van der Waals surface area contributed by atoms with Crippen LogP contribution in [0.3, 0.4) is 0 Å². The first-order valence-electron chi connectivity index (χ1n) is 5.41. The minimum absolute atomic E-state index is 0.0133. The Bertz CT molecular complexity index is 375. The predicted molar refractivity (Wildman–Crippen MR) is 64.0 cm³/mol. The normalized spacial score (nSPS) is 11.9. The van der Waals surface area contributed by atoms with Gasteiger partial charge in [0.05, 0.1) is 12.7 Å². The lowest BCUT2D eigenvalue weighted by Gasteiger charge is -2.22. The molecule has 1 aromatic carbocycles. The Hall–Kier alpha value is -1.22. The van der Waals surface area contributed by atoms with Crippen LogP contribution in [0.2, 0.25) is 0 Å². The van der Waals surface area contributed by atoms with Crippen LogP contribution < -0.4 is 4.74 Å². The van der Waals surface area contributed by atoms with Crippen molar-refractivity contribution in [2.24, 2.45) is 0 Å². The van der Waals surface area contributed by atoms with Crippen molar-refractivity contribution in [1.29, 1.82) is 0 Å². The lowest BCUT2D eigenvalue weighted by atomic mass is 9.91. The van der Waals surface area contributed by atoms with Crippen LogP contribution in [0.15, 0.2) is 12.1 Å². The maximum Gasteiger partial charge on any atom is 0.163 e. The van der Waals surface area contributed by atoms with Crippen LogP contribution in [0.4, 0.5) is 0 Å². The van der Waals surface area contributed by atoms with Gasteiger partial charge in [-0.15, -0.1) is 0 Å². The smallest absolute Gasteiger partial charge is 0.163 e. The first-order chi connectivity index (χ1) is 7.27. The van der Waals surface area contributed by atoms with Gasteiger partial charge in [0.25, 0.3) is 0 Å². The zero-order valence-electron chi connectivity index (χ0n) is 10.5. The summed E-state index contributed by atoms with van der Waals surface area (Å²) in [5.41, 5.74) is 0.449. The number of aromatic hydroxyl groups is 1. The van der Waals surface area contributed by atoms with Crippen LogP contribution in [0.5, 0.6) is 11.5 Å². The number of rotatable bonds is 3. The number of aliphatic hydroxyl groups is 1. The summed E-state index contributed by atoms with van der Waals surface area (Å²) in [5, 5.41) is 19.9. The Balaban J connectivity index is 3.42. The Kier molecular flexibility index (Phi) is 3.48. The van der Waals surface area contributed by atoms with Crippen molar-refractivity contribution in [3.05, 3.63) is 23.3 Å². The summed E-state index contributed by atoms with van der Waals surface area (Å²) in [6.07, 6.45) is 0. The minimum atomic E-state index is -1.08. The summed E-state index contributed by atoms with van der Waals surface area (Å²) >= 11 is 0. The van der Waals surface area contributed by atoms with Gasteiger partial charge in [0, 0.05) is 5.56 Å². The second-order valence-electron chi connectivity index (χ2n) is 4.83. The monoisotopic (exact) mass is 224 g/mol. The number of hydrogen-bond donors (Lipinski definition) is 2. The molecule has 0 aliphatic heterocycles. The van der Waals surface area contributed by atoms with E-state index in [1.165, 1.54) is 7.11 Å². The number of phenolic OH excluding ortho intramolecular Hbond substituents is 1. The molecule has 0 unspecified atom stereocenters. The fraction of sp³-hybridized carbons (Fsp3) is 0.538. The topological polar surface area (TPSA) is 49.7 Å². The van der Waals surface area contributed by atoms with Crippen molar-refractivity contribution in [2.75, 3.05) is 7.11 Å². The largest absolute Gasteiger partial charge is 0.504 e. The van der Waals surface area contributed by atoms with Gasteiger partial charge in [0.1, 0.15) is 0 Å². The number of hydrogen-bond acceptors (Lipinski definition) is 3. The molecular formula is C13H20O3. The SMILES string of the molecule is COc1cc(C(C)C)cc(C(C)(C)O)c1O. The molecule has 2 N–H and O–H groups in total. The van der Waals surface area contributed by atoms with Crippen LogP contribution in [-0.4, -0.2) is 17.3 Å². The summed E-state index contributed by atoms with van der Waals surface area (Å²) in [7, 11) is 1.51. The van der Waals surface area contributed by atoms with E-state index >= 15 is 0 Å². The molecule has 0 spiro atoms. The van der Waals surface area contributed by atoms with Crippen LogP contribution in [-0.2, 0) is 5.60 Å². The van der Waals surface area contributed by atoms with Gasteiger partial charge in [-0.3, -0.25) is 0 Å². The molecular weight excluding hydrogens is 204 g/mol. The molecule has 0 amide bonds. The predicted octanol–water partition coefficient (Wildman–Crippen LogP) is 2.75. The van der Waals surface area contributed by atoms with E-state index in [1.807, 2.05) is 6.07 Å². The number of benzene rings is 1. The van der Waals surface area contributed by atoms with Crippen molar-refractivity contribution in [3.8, 4) is 11.5 Å². The standard InChI is InChI=1S/C13H20O3/c1-8(2)9-6-10(13(3,4)15)12(14)11(7-9)16-5/h6-8,14-15H,1-5H3. The highest BCUT2D eigenvalue weighted by molar-refractivity contribution is 5.51. The second-order valence-corrected chi connectivity index (χ2v) is 4.83. The Morgan fingerprint density at radius 3 is 2.19 bits per heavy atom. The molecule has 16 heavy (non-hydrogen) atoms. The van der Waals surface area contributed by atoms with Crippen molar-refractivity contribution in [3.63, 3.8) is 0 Å². The summed E-state index contributed by atoms with van der Waals surface area (Å²) < 4.78 is 5.11. The summed E-state index contributed by atoms with van der Waals surface area (Å²) in [6, 6.07) is 3.62.